The first-order valence-electron chi connectivity index (χ1n) is 9.92. The number of nitrogens with zero attached hydrogens (tertiary/aromatic N) is 1. The van der Waals surface area contributed by atoms with Gasteiger partial charge in [-0.25, -0.2) is 0 Å². The van der Waals surface area contributed by atoms with Gasteiger partial charge in [0.25, 0.3) is 5.91 Å². The minimum atomic E-state index is -0.0544. The summed E-state index contributed by atoms with van der Waals surface area (Å²) in [6, 6.07) is 11.8. The van der Waals surface area contributed by atoms with Gasteiger partial charge < -0.3 is 19.5 Å². The summed E-state index contributed by atoms with van der Waals surface area (Å²) >= 11 is 0. The Hall–Kier alpha value is -2.57. The molecule has 0 saturated carbocycles. The number of benzene rings is 2. The number of methoxy groups -OCH3 is 2. The van der Waals surface area contributed by atoms with Crippen molar-refractivity contribution in [1.82, 2.24) is 10.2 Å². The summed E-state index contributed by atoms with van der Waals surface area (Å²) in [6.45, 7) is 7.51. The van der Waals surface area contributed by atoms with Gasteiger partial charge in [-0.1, -0.05) is 23.8 Å². The van der Waals surface area contributed by atoms with Gasteiger partial charge in [0.05, 0.1) is 33.5 Å². The Kier molecular flexibility index (Phi) is 7.12. The molecular formula is C23H30N2O4. The van der Waals surface area contributed by atoms with Gasteiger partial charge >= 0.3 is 0 Å². The molecule has 0 aliphatic carbocycles. The third-order valence-corrected chi connectivity index (χ3v) is 5.36. The molecule has 1 aliphatic rings. The zero-order chi connectivity index (χ0) is 20.8. The molecule has 156 valence electrons. The lowest BCUT2D eigenvalue weighted by molar-refractivity contribution is 0.0162. The van der Waals surface area contributed by atoms with E-state index in [-0.39, 0.29) is 11.9 Å². The molecule has 1 atom stereocenters. The minimum Gasteiger partial charge on any atom is -0.493 e. The smallest absolute Gasteiger partial charge is 0.251 e. The molecule has 1 unspecified atom stereocenters. The number of hydrogen-bond acceptors (Lipinski definition) is 5. The van der Waals surface area contributed by atoms with Gasteiger partial charge in [0.1, 0.15) is 0 Å². The highest BCUT2D eigenvalue weighted by Crippen LogP contribution is 2.32. The Morgan fingerprint density at radius 1 is 1.07 bits per heavy atom. The van der Waals surface area contributed by atoms with Crippen LogP contribution < -0.4 is 14.8 Å². The van der Waals surface area contributed by atoms with E-state index in [1.807, 2.05) is 50.2 Å². The molecule has 6 nitrogen and oxygen atoms in total. The number of ether oxygens (including phenoxy) is 3. The first kappa shape index (κ1) is 21.1. The summed E-state index contributed by atoms with van der Waals surface area (Å²) in [5.41, 5.74) is 3.92. The van der Waals surface area contributed by atoms with Crippen molar-refractivity contribution in [2.75, 3.05) is 47.1 Å². The van der Waals surface area contributed by atoms with Crippen LogP contribution in [0.25, 0.3) is 0 Å². The Balaban J connectivity index is 1.81. The van der Waals surface area contributed by atoms with E-state index in [0.29, 0.717) is 36.8 Å². The van der Waals surface area contributed by atoms with E-state index >= 15 is 0 Å². The first-order chi connectivity index (χ1) is 14.0. The fourth-order valence-corrected chi connectivity index (χ4v) is 3.76. The van der Waals surface area contributed by atoms with Crippen LogP contribution >= 0.6 is 0 Å². The number of carbonyl (C=O) groups excluding carboxylic acids is 1. The molecule has 1 aliphatic heterocycles. The Morgan fingerprint density at radius 2 is 1.79 bits per heavy atom. The van der Waals surface area contributed by atoms with E-state index in [1.54, 1.807) is 14.2 Å². The first-order valence-corrected chi connectivity index (χ1v) is 9.92. The lowest BCUT2D eigenvalue weighted by Crippen LogP contribution is -2.43. The monoisotopic (exact) mass is 398 g/mol. The second kappa shape index (κ2) is 9.76. The average Bonchev–Trinajstić information content (AvgIpc) is 2.74. The van der Waals surface area contributed by atoms with E-state index < -0.39 is 0 Å². The molecule has 1 amide bonds. The van der Waals surface area contributed by atoms with Crippen LogP contribution in [0.15, 0.2) is 36.4 Å². The molecule has 1 N–H and O–H groups in total. The molecule has 6 heteroatoms. The van der Waals surface area contributed by atoms with Crippen molar-refractivity contribution in [1.29, 1.82) is 0 Å². The topological polar surface area (TPSA) is 60.0 Å². The molecule has 1 heterocycles. The van der Waals surface area contributed by atoms with E-state index in [9.17, 15) is 4.79 Å². The lowest BCUT2D eigenvalue weighted by Gasteiger charge is -2.35. The molecule has 0 spiro atoms. The van der Waals surface area contributed by atoms with Crippen LogP contribution in [-0.4, -0.2) is 57.9 Å². The summed E-state index contributed by atoms with van der Waals surface area (Å²) in [6.07, 6.45) is 0. The van der Waals surface area contributed by atoms with Crippen molar-refractivity contribution >= 4 is 5.91 Å². The van der Waals surface area contributed by atoms with Crippen LogP contribution in [0.5, 0.6) is 11.5 Å². The Morgan fingerprint density at radius 3 is 2.45 bits per heavy atom. The maximum absolute atomic E-state index is 12.8. The Labute approximate surface area is 172 Å². The zero-order valence-corrected chi connectivity index (χ0v) is 17.7. The third kappa shape index (κ3) is 5.08. The van der Waals surface area contributed by atoms with Crippen LogP contribution in [0.1, 0.15) is 33.1 Å². The van der Waals surface area contributed by atoms with Gasteiger partial charge in [0.15, 0.2) is 11.5 Å². The van der Waals surface area contributed by atoms with Crippen molar-refractivity contribution in [3.63, 3.8) is 0 Å². The standard InChI is InChI=1S/C23H30N2O4/c1-16-5-7-19(17(2)13-16)23(26)24-15-20(25-9-11-29-12-10-25)18-6-8-21(27-3)22(14-18)28-4/h5-8,13-14,20H,9-12,15H2,1-4H3,(H,24,26). The molecule has 29 heavy (non-hydrogen) atoms. The van der Waals surface area contributed by atoms with Gasteiger partial charge in [-0.05, 0) is 43.2 Å². The molecule has 2 aromatic rings. The molecule has 0 radical (unpaired) electrons. The van der Waals surface area contributed by atoms with Crippen molar-refractivity contribution in [3.8, 4) is 11.5 Å². The van der Waals surface area contributed by atoms with Gasteiger partial charge in [-0.2, -0.15) is 0 Å². The van der Waals surface area contributed by atoms with Gasteiger partial charge in [0, 0.05) is 25.2 Å². The fourth-order valence-electron chi connectivity index (χ4n) is 3.76. The molecule has 0 aromatic heterocycles. The van der Waals surface area contributed by atoms with E-state index in [0.717, 1.165) is 29.8 Å². The van der Waals surface area contributed by atoms with E-state index in [4.69, 9.17) is 14.2 Å². The van der Waals surface area contributed by atoms with Gasteiger partial charge in [0.2, 0.25) is 0 Å². The average molecular weight is 399 g/mol. The van der Waals surface area contributed by atoms with Crippen molar-refractivity contribution < 1.29 is 19.0 Å². The van der Waals surface area contributed by atoms with Crippen LogP contribution in [0.4, 0.5) is 0 Å². The Bertz CT molecular complexity index is 847. The lowest BCUT2D eigenvalue weighted by atomic mass is 10.0. The molecule has 1 fully saturated rings. The predicted octanol–water partition coefficient (Wildman–Crippen LogP) is 3.12. The van der Waals surface area contributed by atoms with Crippen molar-refractivity contribution in [2.24, 2.45) is 0 Å². The quantitative estimate of drug-likeness (QED) is 0.777. The van der Waals surface area contributed by atoms with Crippen molar-refractivity contribution in [2.45, 2.75) is 19.9 Å². The van der Waals surface area contributed by atoms with E-state index in [2.05, 4.69) is 10.2 Å². The fraction of sp³-hybridized carbons (Fsp3) is 0.435. The van der Waals surface area contributed by atoms with Gasteiger partial charge in [-0.15, -0.1) is 0 Å². The normalized spacial score (nSPS) is 15.6. The minimum absolute atomic E-state index is 0.0217. The summed E-state index contributed by atoms with van der Waals surface area (Å²) in [5.74, 6) is 1.32. The number of aryl methyl sites for hydroxylation is 2. The van der Waals surface area contributed by atoms with Gasteiger partial charge in [-0.3, -0.25) is 9.69 Å². The maximum atomic E-state index is 12.8. The molecule has 2 aromatic carbocycles. The number of nitrogens with one attached hydrogen (secondary N) is 1. The SMILES string of the molecule is COc1ccc(C(CNC(=O)c2ccc(C)cc2C)N2CCOCC2)cc1OC. The highest BCUT2D eigenvalue weighted by molar-refractivity contribution is 5.95. The molecule has 0 bridgehead atoms. The molecular weight excluding hydrogens is 368 g/mol. The number of morpholine rings is 1. The zero-order valence-electron chi connectivity index (χ0n) is 17.7. The molecule has 1 saturated heterocycles. The highest BCUT2D eigenvalue weighted by Gasteiger charge is 2.24. The third-order valence-electron chi connectivity index (χ3n) is 5.36. The summed E-state index contributed by atoms with van der Waals surface area (Å²) < 4.78 is 16.4. The number of rotatable bonds is 7. The van der Waals surface area contributed by atoms with Crippen LogP contribution in [-0.2, 0) is 4.74 Å². The maximum Gasteiger partial charge on any atom is 0.251 e. The second-order valence-corrected chi connectivity index (χ2v) is 7.31. The number of carbonyl (C=O) groups is 1. The molecule has 3 rings (SSSR count). The van der Waals surface area contributed by atoms with E-state index in [1.165, 1.54) is 0 Å². The number of amides is 1. The predicted molar refractivity (Wildman–Crippen MR) is 113 cm³/mol. The summed E-state index contributed by atoms with van der Waals surface area (Å²) in [7, 11) is 3.26. The van der Waals surface area contributed by atoms with Crippen LogP contribution in [0.3, 0.4) is 0 Å². The van der Waals surface area contributed by atoms with Crippen molar-refractivity contribution in [3.05, 3.63) is 58.7 Å². The summed E-state index contributed by atoms with van der Waals surface area (Å²) in [5, 5.41) is 3.13. The largest absolute Gasteiger partial charge is 0.493 e. The number of hydrogen-bond donors (Lipinski definition) is 1. The second-order valence-electron chi connectivity index (χ2n) is 7.31. The highest BCUT2D eigenvalue weighted by atomic mass is 16.5. The van der Waals surface area contributed by atoms with Crippen LogP contribution in [0, 0.1) is 13.8 Å². The summed E-state index contributed by atoms with van der Waals surface area (Å²) in [4.78, 5) is 15.2. The van der Waals surface area contributed by atoms with Crippen LogP contribution in [0.2, 0.25) is 0 Å².